The van der Waals surface area contributed by atoms with Crippen LogP contribution in [0.3, 0.4) is 0 Å². The van der Waals surface area contributed by atoms with Gasteiger partial charge in [-0.25, -0.2) is 4.39 Å². The van der Waals surface area contributed by atoms with Gasteiger partial charge in [-0.05, 0) is 56.0 Å². The number of likely N-dealkylation sites (tertiary alicyclic amines) is 1. The predicted molar refractivity (Wildman–Crippen MR) is 102 cm³/mol. The molecule has 2 aliphatic rings. The molecule has 1 aromatic carbocycles. The zero-order valence-electron chi connectivity index (χ0n) is 16.0. The van der Waals surface area contributed by atoms with Crippen LogP contribution in [0.2, 0.25) is 0 Å². The van der Waals surface area contributed by atoms with E-state index in [9.17, 15) is 9.18 Å². The highest BCUT2D eigenvalue weighted by atomic mass is 19.1. The highest BCUT2D eigenvalue weighted by Crippen LogP contribution is 2.40. The third-order valence-electron chi connectivity index (χ3n) is 5.59. The van der Waals surface area contributed by atoms with Crippen LogP contribution in [0.25, 0.3) is 0 Å². The quantitative estimate of drug-likeness (QED) is 0.848. The highest BCUT2D eigenvalue weighted by Gasteiger charge is 2.42. The van der Waals surface area contributed by atoms with Gasteiger partial charge in [0.15, 0.2) is 5.69 Å². The van der Waals surface area contributed by atoms with Crippen molar-refractivity contribution in [1.29, 1.82) is 0 Å². The number of hydrogen-bond acceptors (Lipinski definition) is 3. The molecule has 2 aromatic rings. The fourth-order valence-corrected chi connectivity index (χ4v) is 4.29. The molecule has 1 saturated heterocycles. The molecular weight excluding hydrogens is 343 g/mol. The van der Waals surface area contributed by atoms with Gasteiger partial charge in [-0.15, -0.1) is 0 Å². The van der Waals surface area contributed by atoms with E-state index in [4.69, 9.17) is 0 Å². The second-order valence-electron chi connectivity index (χ2n) is 8.06. The minimum atomic E-state index is -0.262. The van der Waals surface area contributed by atoms with Gasteiger partial charge >= 0.3 is 0 Å². The Morgan fingerprint density at radius 1 is 1.19 bits per heavy atom. The van der Waals surface area contributed by atoms with Crippen LogP contribution in [-0.4, -0.2) is 52.1 Å². The third kappa shape index (κ3) is 3.50. The molecule has 0 radical (unpaired) electrons. The molecule has 2 aliphatic heterocycles. The maximum absolute atomic E-state index is 13.5. The van der Waals surface area contributed by atoms with Gasteiger partial charge in [-0.3, -0.25) is 9.89 Å². The minimum Gasteiger partial charge on any atom is -0.325 e. The van der Waals surface area contributed by atoms with Crippen molar-refractivity contribution in [2.75, 3.05) is 26.2 Å². The molecule has 1 aromatic heterocycles. The summed E-state index contributed by atoms with van der Waals surface area (Å²) in [7, 11) is 0. The van der Waals surface area contributed by atoms with Gasteiger partial charge in [0.1, 0.15) is 5.82 Å². The minimum absolute atomic E-state index is 0.0234. The van der Waals surface area contributed by atoms with E-state index in [1.54, 1.807) is 12.1 Å². The topological polar surface area (TPSA) is 52.2 Å². The normalized spacial score (nSPS) is 20.1. The Morgan fingerprint density at radius 2 is 1.89 bits per heavy atom. The summed E-state index contributed by atoms with van der Waals surface area (Å²) in [6, 6.07) is 6.33. The number of halogens is 1. The van der Waals surface area contributed by atoms with Crippen molar-refractivity contribution in [2.45, 2.75) is 39.2 Å². The summed E-state index contributed by atoms with van der Waals surface area (Å²) in [5, 5.41) is 7.44. The van der Waals surface area contributed by atoms with Crippen LogP contribution < -0.4 is 0 Å². The lowest BCUT2D eigenvalue weighted by Crippen LogP contribution is -2.37. The van der Waals surface area contributed by atoms with E-state index < -0.39 is 0 Å². The zero-order chi connectivity index (χ0) is 19.0. The molecule has 4 rings (SSSR count). The monoisotopic (exact) mass is 370 g/mol. The predicted octanol–water partition coefficient (Wildman–Crippen LogP) is 3.39. The first-order valence-corrected chi connectivity index (χ1v) is 9.90. The molecule has 0 saturated carbocycles. The standard InChI is InChI=1S/C21H27FN4O/c1-14(2)13-17-18-19(24-23-17)21(27)26(12-11-25-9-3-4-10-25)20(18)15-5-7-16(22)8-6-15/h5-8,14,20H,3-4,9-13H2,1-2H3,(H,23,24). The molecule has 27 heavy (non-hydrogen) atoms. The van der Waals surface area contributed by atoms with E-state index in [-0.39, 0.29) is 17.8 Å². The molecular formula is C21H27FN4O. The Labute approximate surface area is 159 Å². The lowest BCUT2D eigenvalue weighted by atomic mass is 9.95. The zero-order valence-corrected chi connectivity index (χ0v) is 16.0. The Bertz CT molecular complexity index is 808. The van der Waals surface area contributed by atoms with Crippen LogP contribution in [0.15, 0.2) is 24.3 Å². The van der Waals surface area contributed by atoms with Crippen LogP contribution in [0.1, 0.15) is 60.0 Å². The third-order valence-corrected chi connectivity index (χ3v) is 5.59. The van der Waals surface area contributed by atoms with E-state index in [0.29, 0.717) is 18.2 Å². The van der Waals surface area contributed by atoms with Gasteiger partial charge in [0.25, 0.3) is 5.91 Å². The first kappa shape index (κ1) is 18.2. The van der Waals surface area contributed by atoms with Gasteiger partial charge in [0.05, 0.1) is 6.04 Å². The molecule has 1 fully saturated rings. The average Bonchev–Trinajstić information content (AvgIpc) is 3.33. The summed E-state index contributed by atoms with van der Waals surface area (Å²) in [5.41, 5.74) is 3.46. The Balaban J connectivity index is 1.68. The van der Waals surface area contributed by atoms with E-state index in [2.05, 4.69) is 28.9 Å². The molecule has 1 unspecified atom stereocenters. The summed E-state index contributed by atoms with van der Waals surface area (Å²) >= 11 is 0. The number of nitrogens with one attached hydrogen (secondary N) is 1. The number of aromatic amines is 1. The number of hydrogen-bond donors (Lipinski definition) is 1. The number of aromatic nitrogens is 2. The molecule has 144 valence electrons. The van der Waals surface area contributed by atoms with Gasteiger partial charge < -0.3 is 9.80 Å². The number of carbonyl (C=O) groups excluding carboxylic acids is 1. The molecule has 5 nitrogen and oxygen atoms in total. The molecule has 1 amide bonds. The fraction of sp³-hybridized carbons (Fsp3) is 0.524. The first-order valence-electron chi connectivity index (χ1n) is 9.90. The van der Waals surface area contributed by atoms with Crippen molar-refractivity contribution >= 4 is 5.91 Å². The van der Waals surface area contributed by atoms with Gasteiger partial charge in [0.2, 0.25) is 0 Å². The largest absolute Gasteiger partial charge is 0.325 e. The molecule has 0 aliphatic carbocycles. The van der Waals surface area contributed by atoms with E-state index in [1.807, 2.05) is 4.90 Å². The van der Waals surface area contributed by atoms with Gasteiger partial charge in [0, 0.05) is 24.3 Å². The summed E-state index contributed by atoms with van der Waals surface area (Å²) < 4.78 is 13.5. The lowest BCUT2D eigenvalue weighted by Gasteiger charge is -2.28. The highest BCUT2D eigenvalue weighted by molar-refractivity contribution is 5.98. The Kier molecular flexibility index (Phi) is 5.00. The molecule has 0 bridgehead atoms. The molecule has 1 N–H and O–H groups in total. The maximum Gasteiger partial charge on any atom is 0.275 e. The average molecular weight is 370 g/mol. The SMILES string of the molecule is CC(C)Cc1[nH]nc2c1C(c1ccc(F)cc1)N(CCN1CCCC1)C2=O. The van der Waals surface area contributed by atoms with Gasteiger partial charge in [-0.2, -0.15) is 5.10 Å². The summed E-state index contributed by atoms with van der Waals surface area (Å²) in [6.07, 6.45) is 3.30. The number of rotatable bonds is 6. The summed E-state index contributed by atoms with van der Waals surface area (Å²) in [5.74, 6) is 0.170. The number of benzene rings is 1. The van der Waals surface area contributed by atoms with E-state index >= 15 is 0 Å². The Hall–Kier alpha value is -2.21. The number of amides is 1. The number of H-pyrrole nitrogens is 1. The number of nitrogens with zero attached hydrogens (tertiary/aromatic N) is 3. The Morgan fingerprint density at radius 3 is 2.56 bits per heavy atom. The van der Waals surface area contributed by atoms with Crippen LogP contribution in [0.5, 0.6) is 0 Å². The summed E-state index contributed by atoms with van der Waals surface area (Å²) in [6.45, 7) is 8.06. The van der Waals surface area contributed by atoms with Crippen LogP contribution in [0.4, 0.5) is 4.39 Å². The van der Waals surface area contributed by atoms with Gasteiger partial charge in [-0.1, -0.05) is 26.0 Å². The lowest BCUT2D eigenvalue weighted by molar-refractivity contribution is 0.0726. The van der Waals surface area contributed by atoms with Crippen LogP contribution >= 0.6 is 0 Å². The maximum atomic E-state index is 13.5. The van der Waals surface area contributed by atoms with E-state index in [0.717, 1.165) is 42.9 Å². The molecule has 0 spiro atoms. The molecule has 6 heteroatoms. The smallest absolute Gasteiger partial charge is 0.275 e. The summed E-state index contributed by atoms with van der Waals surface area (Å²) in [4.78, 5) is 17.4. The second kappa shape index (κ2) is 7.43. The van der Waals surface area contributed by atoms with Crippen molar-refractivity contribution in [3.05, 3.63) is 52.6 Å². The van der Waals surface area contributed by atoms with E-state index in [1.165, 1.54) is 25.0 Å². The van der Waals surface area contributed by atoms with Crippen molar-refractivity contribution in [3.63, 3.8) is 0 Å². The molecule has 3 heterocycles. The number of fused-ring (bicyclic) bond motifs is 1. The first-order chi connectivity index (χ1) is 13.0. The molecule has 1 atom stereocenters. The van der Waals surface area contributed by atoms with Crippen molar-refractivity contribution in [1.82, 2.24) is 20.0 Å². The van der Waals surface area contributed by atoms with Crippen molar-refractivity contribution in [3.8, 4) is 0 Å². The van der Waals surface area contributed by atoms with Crippen molar-refractivity contribution in [2.24, 2.45) is 5.92 Å². The van der Waals surface area contributed by atoms with Crippen molar-refractivity contribution < 1.29 is 9.18 Å². The van der Waals surface area contributed by atoms with Crippen LogP contribution in [-0.2, 0) is 6.42 Å². The number of carbonyl (C=O) groups is 1. The second-order valence-corrected chi connectivity index (χ2v) is 8.06. The van der Waals surface area contributed by atoms with Crippen LogP contribution in [0, 0.1) is 11.7 Å². The fourth-order valence-electron chi connectivity index (χ4n) is 4.29.